The Balaban J connectivity index is 1.70. The number of aromatic amines is 1. The third kappa shape index (κ3) is 6.00. The molecule has 2 aromatic carbocycles. The number of ether oxygens (including phenoxy) is 1. The molecule has 4 N–H and O–H groups in total. The predicted molar refractivity (Wildman–Crippen MR) is 150 cm³/mol. The van der Waals surface area contributed by atoms with Crippen LogP contribution in [-0.4, -0.2) is 51.7 Å². The molecule has 1 aromatic heterocycles. The van der Waals surface area contributed by atoms with Gasteiger partial charge in [-0.3, -0.25) is 19.4 Å². The van der Waals surface area contributed by atoms with Crippen molar-refractivity contribution in [3.05, 3.63) is 87.3 Å². The molecule has 0 saturated heterocycles. The number of anilines is 1. The van der Waals surface area contributed by atoms with E-state index < -0.39 is 29.3 Å². The highest BCUT2D eigenvalue weighted by molar-refractivity contribution is 6.11. The van der Waals surface area contributed by atoms with Gasteiger partial charge in [-0.1, -0.05) is 36.1 Å². The molecular formula is C30H28N4O6. The SMILES string of the molecule is COC(=O)C1C(C)=NC(C)=C(C(=O)Nc2ccc(-c3n[nH]c(=O)cc3O)cc2)C1c1cccc(C#CCCO)c1. The minimum absolute atomic E-state index is 0.0504. The fourth-order valence-corrected chi connectivity index (χ4v) is 4.67. The summed E-state index contributed by atoms with van der Waals surface area (Å²) in [5.41, 5.74) is 3.34. The lowest BCUT2D eigenvalue weighted by molar-refractivity contribution is -0.143. The zero-order valence-corrected chi connectivity index (χ0v) is 22.2. The highest BCUT2D eigenvalue weighted by atomic mass is 16.5. The molecule has 4 rings (SSSR count). The van der Waals surface area contributed by atoms with Gasteiger partial charge in [0.25, 0.3) is 11.5 Å². The molecule has 3 aromatic rings. The summed E-state index contributed by atoms with van der Waals surface area (Å²) in [6, 6.07) is 14.9. The van der Waals surface area contributed by atoms with E-state index in [-0.39, 0.29) is 18.1 Å². The first-order valence-corrected chi connectivity index (χ1v) is 12.5. The van der Waals surface area contributed by atoms with Gasteiger partial charge >= 0.3 is 5.97 Å². The number of aliphatic hydroxyl groups is 1. The number of aromatic nitrogens is 2. The molecule has 0 aliphatic carbocycles. The van der Waals surface area contributed by atoms with E-state index in [9.17, 15) is 19.5 Å². The van der Waals surface area contributed by atoms with Gasteiger partial charge in [-0.05, 0) is 43.7 Å². The summed E-state index contributed by atoms with van der Waals surface area (Å²) in [6.07, 6.45) is 0.327. The average Bonchev–Trinajstić information content (AvgIpc) is 2.93. The number of hydrogen-bond acceptors (Lipinski definition) is 8. The summed E-state index contributed by atoms with van der Waals surface area (Å²) in [5, 5.41) is 28.1. The third-order valence-corrected chi connectivity index (χ3v) is 6.45. The molecule has 10 nitrogen and oxygen atoms in total. The van der Waals surface area contributed by atoms with Gasteiger partial charge in [-0.2, -0.15) is 5.10 Å². The molecule has 40 heavy (non-hydrogen) atoms. The molecule has 1 aliphatic rings. The maximum atomic E-state index is 13.7. The molecule has 2 atom stereocenters. The Hall–Kier alpha value is -5.01. The van der Waals surface area contributed by atoms with Gasteiger partial charge in [-0.25, -0.2) is 5.10 Å². The number of allylic oxidation sites excluding steroid dienone is 1. The molecule has 2 heterocycles. The van der Waals surface area contributed by atoms with Gasteiger partial charge in [0, 0.05) is 52.2 Å². The Bertz CT molecular complexity index is 1630. The topological polar surface area (TPSA) is 154 Å². The molecule has 0 radical (unpaired) electrons. The fraction of sp³-hybridized carbons (Fsp3) is 0.233. The molecule has 0 spiro atoms. The Morgan fingerprint density at radius 1 is 1.12 bits per heavy atom. The number of nitrogens with zero attached hydrogens (tertiary/aromatic N) is 2. The van der Waals surface area contributed by atoms with Gasteiger partial charge in [-0.15, -0.1) is 0 Å². The number of carbonyl (C=O) groups excluding carboxylic acids is 2. The van der Waals surface area contributed by atoms with E-state index in [1.54, 1.807) is 44.2 Å². The Morgan fingerprint density at radius 2 is 1.88 bits per heavy atom. The summed E-state index contributed by atoms with van der Waals surface area (Å²) in [5.74, 6) is 3.15. The number of rotatable bonds is 6. The van der Waals surface area contributed by atoms with Crippen LogP contribution < -0.4 is 10.9 Å². The number of aliphatic imine (C=N–C) groups is 1. The molecule has 0 bridgehead atoms. The molecule has 1 amide bonds. The summed E-state index contributed by atoms with van der Waals surface area (Å²) in [4.78, 5) is 42.6. The number of nitrogens with one attached hydrogen (secondary N) is 2. The van der Waals surface area contributed by atoms with Crippen LogP contribution in [0.25, 0.3) is 11.3 Å². The van der Waals surface area contributed by atoms with Crippen molar-refractivity contribution in [2.45, 2.75) is 26.2 Å². The lowest BCUT2D eigenvalue weighted by Gasteiger charge is -2.31. The smallest absolute Gasteiger partial charge is 0.315 e. The molecule has 1 aliphatic heterocycles. The van der Waals surface area contributed by atoms with Crippen molar-refractivity contribution < 1.29 is 24.5 Å². The minimum Gasteiger partial charge on any atom is -0.505 e. The molecule has 2 unspecified atom stereocenters. The monoisotopic (exact) mass is 540 g/mol. The van der Waals surface area contributed by atoms with Crippen LogP contribution in [0, 0.1) is 17.8 Å². The highest BCUT2D eigenvalue weighted by Gasteiger charge is 2.41. The second kappa shape index (κ2) is 12.2. The summed E-state index contributed by atoms with van der Waals surface area (Å²) < 4.78 is 5.10. The number of aromatic hydroxyl groups is 1. The van der Waals surface area contributed by atoms with Crippen LogP contribution >= 0.6 is 0 Å². The summed E-state index contributed by atoms with van der Waals surface area (Å²) >= 11 is 0. The number of amides is 1. The van der Waals surface area contributed by atoms with E-state index in [1.165, 1.54) is 7.11 Å². The molecule has 0 saturated carbocycles. The van der Waals surface area contributed by atoms with Gasteiger partial charge in [0.1, 0.15) is 17.4 Å². The number of H-pyrrole nitrogens is 1. The largest absolute Gasteiger partial charge is 0.505 e. The van der Waals surface area contributed by atoms with Crippen LogP contribution in [0.2, 0.25) is 0 Å². The molecule has 204 valence electrons. The molecule has 0 fully saturated rings. The first-order valence-electron chi connectivity index (χ1n) is 12.5. The van der Waals surface area contributed by atoms with Crippen molar-refractivity contribution in [3.63, 3.8) is 0 Å². The minimum atomic E-state index is -0.827. The van der Waals surface area contributed by atoms with E-state index in [2.05, 4.69) is 32.3 Å². The fourth-order valence-electron chi connectivity index (χ4n) is 4.67. The number of hydrogen-bond donors (Lipinski definition) is 4. The van der Waals surface area contributed by atoms with Gasteiger partial charge in [0.2, 0.25) is 0 Å². The third-order valence-electron chi connectivity index (χ3n) is 6.45. The first kappa shape index (κ1) is 28.0. The normalized spacial score (nSPS) is 16.4. The Labute approximate surface area is 230 Å². The first-order chi connectivity index (χ1) is 19.2. The average molecular weight is 541 g/mol. The van der Waals surface area contributed by atoms with Crippen LogP contribution in [0.1, 0.15) is 37.3 Å². The number of esters is 1. The van der Waals surface area contributed by atoms with Crippen LogP contribution in [0.3, 0.4) is 0 Å². The number of carbonyl (C=O) groups is 2. The summed E-state index contributed by atoms with van der Waals surface area (Å²) in [7, 11) is 1.30. The predicted octanol–water partition coefficient (Wildman–Crippen LogP) is 3.14. The van der Waals surface area contributed by atoms with E-state index >= 15 is 0 Å². The van der Waals surface area contributed by atoms with Crippen molar-refractivity contribution in [2.24, 2.45) is 10.9 Å². The molecular weight excluding hydrogens is 512 g/mol. The number of aliphatic hydroxyl groups excluding tert-OH is 1. The van der Waals surface area contributed by atoms with E-state index in [0.29, 0.717) is 45.8 Å². The molecule has 10 heteroatoms. The van der Waals surface area contributed by atoms with Gasteiger partial charge in [0.15, 0.2) is 0 Å². The lowest BCUT2D eigenvalue weighted by Crippen LogP contribution is -2.37. The van der Waals surface area contributed by atoms with Gasteiger partial charge in [0.05, 0.1) is 13.7 Å². The van der Waals surface area contributed by atoms with Crippen LogP contribution in [-0.2, 0) is 14.3 Å². The number of benzene rings is 2. The van der Waals surface area contributed by atoms with Crippen molar-refractivity contribution in [3.8, 4) is 28.8 Å². The van der Waals surface area contributed by atoms with E-state index in [0.717, 1.165) is 6.07 Å². The standard InChI is InChI=1S/C30H28N4O6/c1-17-25(29(38)32-22-12-10-20(11-13-22)28-23(36)16-24(37)33-34-28)27(26(18(2)31-17)30(39)40-3)21-9-6-8-19(15-21)7-4-5-14-35/h6,8-13,15-16,26-27,35H,5,14H2,1-3H3,(H,32,38)(H2,33,36,37). The maximum Gasteiger partial charge on any atom is 0.315 e. The lowest BCUT2D eigenvalue weighted by atomic mass is 9.75. The Morgan fingerprint density at radius 3 is 2.55 bits per heavy atom. The second-order valence-corrected chi connectivity index (χ2v) is 9.13. The van der Waals surface area contributed by atoms with Crippen molar-refractivity contribution in [1.82, 2.24) is 10.2 Å². The van der Waals surface area contributed by atoms with Crippen LogP contribution in [0.15, 0.2) is 75.7 Å². The maximum absolute atomic E-state index is 13.7. The zero-order valence-electron chi connectivity index (χ0n) is 22.2. The van der Waals surface area contributed by atoms with Crippen molar-refractivity contribution in [1.29, 1.82) is 0 Å². The quantitative estimate of drug-likeness (QED) is 0.277. The zero-order chi connectivity index (χ0) is 28.8. The van der Waals surface area contributed by atoms with Crippen molar-refractivity contribution in [2.75, 3.05) is 19.0 Å². The van der Waals surface area contributed by atoms with E-state index in [4.69, 9.17) is 9.84 Å². The highest BCUT2D eigenvalue weighted by Crippen LogP contribution is 2.40. The summed E-state index contributed by atoms with van der Waals surface area (Å²) in [6.45, 7) is 3.40. The van der Waals surface area contributed by atoms with Gasteiger partial charge < -0.3 is 20.3 Å². The van der Waals surface area contributed by atoms with E-state index in [1.807, 2.05) is 18.2 Å². The Kier molecular flexibility index (Phi) is 8.57. The van der Waals surface area contributed by atoms with Crippen LogP contribution in [0.5, 0.6) is 5.75 Å². The van der Waals surface area contributed by atoms with Crippen molar-refractivity contribution >= 4 is 23.3 Å². The van der Waals surface area contributed by atoms with Crippen LogP contribution in [0.4, 0.5) is 5.69 Å². The number of methoxy groups -OCH3 is 1. The second-order valence-electron chi connectivity index (χ2n) is 9.13.